The van der Waals surface area contributed by atoms with Crippen LogP contribution >= 0.6 is 15.6 Å². The van der Waals surface area contributed by atoms with Gasteiger partial charge >= 0.3 is 39.5 Å². The van der Waals surface area contributed by atoms with Crippen molar-refractivity contribution in [3.05, 3.63) is 24.3 Å². The SMILES string of the molecule is CCCCCC/C=C\C=C/CCCCCCCC(=O)O[C@H](COC(=O)CCCCCCCCC(C)C)COP(=O)(O)OC[C@H](O)COP(=O)(O)OC[C@@H](COC(=O)CCCCCCCCCCCCCCCC(C)C)OC(=O)CCCCCCCCCCCCCCCCCCC(C)C. The highest BCUT2D eigenvalue weighted by Gasteiger charge is 2.30. The van der Waals surface area contributed by atoms with Gasteiger partial charge in [-0.1, -0.05) is 336 Å². The molecule has 0 radical (unpaired) electrons. The number of carbonyl (C=O) groups is 4. The normalized spacial score (nSPS) is 14.2. The molecule has 0 amide bonds. The van der Waals surface area contributed by atoms with Crippen LogP contribution in [0.15, 0.2) is 24.3 Å². The highest BCUT2D eigenvalue weighted by Crippen LogP contribution is 2.45. The summed E-state index contributed by atoms with van der Waals surface area (Å²) in [6.45, 7) is 11.8. The lowest BCUT2D eigenvalue weighted by Crippen LogP contribution is -2.30. The number of hydrogen-bond acceptors (Lipinski definition) is 15. The minimum Gasteiger partial charge on any atom is -0.462 e. The average Bonchev–Trinajstić information content (AvgIpc) is 1.07. The van der Waals surface area contributed by atoms with E-state index in [9.17, 15) is 43.2 Å². The number of allylic oxidation sites excluding steroid dienone is 4. The molecule has 584 valence electrons. The molecule has 0 aliphatic heterocycles. The van der Waals surface area contributed by atoms with E-state index >= 15 is 0 Å². The Morgan fingerprint density at radius 1 is 0.313 bits per heavy atom. The van der Waals surface area contributed by atoms with Crippen LogP contribution < -0.4 is 0 Å². The maximum absolute atomic E-state index is 13.1. The molecule has 0 heterocycles. The van der Waals surface area contributed by atoms with E-state index in [1.54, 1.807) is 0 Å². The molecule has 99 heavy (non-hydrogen) atoms. The first-order chi connectivity index (χ1) is 47.7. The van der Waals surface area contributed by atoms with Crippen LogP contribution in [0.1, 0.15) is 389 Å². The molecule has 0 aliphatic rings. The van der Waals surface area contributed by atoms with Gasteiger partial charge in [0.25, 0.3) is 0 Å². The maximum Gasteiger partial charge on any atom is 0.472 e. The van der Waals surface area contributed by atoms with Crippen molar-refractivity contribution in [1.29, 1.82) is 0 Å². The minimum atomic E-state index is -4.97. The molecular formula is C80H152O17P2. The van der Waals surface area contributed by atoms with E-state index in [-0.39, 0.29) is 25.7 Å². The van der Waals surface area contributed by atoms with Gasteiger partial charge in [-0.25, -0.2) is 9.13 Å². The van der Waals surface area contributed by atoms with Crippen molar-refractivity contribution in [2.24, 2.45) is 17.8 Å². The van der Waals surface area contributed by atoms with Gasteiger partial charge in [0.2, 0.25) is 0 Å². The number of esters is 4. The molecular weight excluding hydrogens is 1290 g/mol. The van der Waals surface area contributed by atoms with Gasteiger partial charge in [0.15, 0.2) is 12.2 Å². The topological polar surface area (TPSA) is 237 Å². The zero-order valence-electron chi connectivity index (χ0n) is 64.4. The summed E-state index contributed by atoms with van der Waals surface area (Å²) in [5, 5.41) is 10.6. The van der Waals surface area contributed by atoms with Gasteiger partial charge in [0.1, 0.15) is 19.3 Å². The summed E-state index contributed by atoms with van der Waals surface area (Å²) in [5.74, 6) is 0.129. The molecule has 0 aliphatic carbocycles. The van der Waals surface area contributed by atoms with Crippen molar-refractivity contribution in [2.75, 3.05) is 39.6 Å². The van der Waals surface area contributed by atoms with E-state index in [1.165, 1.54) is 180 Å². The predicted octanol–water partition coefficient (Wildman–Crippen LogP) is 23.3. The van der Waals surface area contributed by atoms with E-state index < -0.39 is 97.5 Å². The van der Waals surface area contributed by atoms with Gasteiger partial charge in [-0.2, -0.15) is 0 Å². The van der Waals surface area contributed by atoms with Crippen LogP contribution in [0.5, 0.6) is 0 Å². The quantitative estimate of drug-likeness (QED) is 0.0169. The number of ether oxygens (including phenoxy) is 4. The Labute approximate surface area is 605 Å². The van der Waals surface area contributed by atoms with Gasteiger partial charge in [-0.15, -0.1) is 0 Å². The van der Waals surface area contributed by atoms with Gasteiger partial charge in [0.05, 0.1) is 26.4 Å². The summed E-state index contributed by atoms with van der Waals surface area (Å²) < 4.78 is 68.6. The third kappa shape index (κ3) is 73.6. The molecule has 0 bridgehead atoms. The molecule has 0 saturated heterocycles. The highest BCUT2D eigenvalue weighted by atomic mass is 31.2. The van der Waals surface area contributed by atoms with Crippen molar-refractivity contribution in [3.8, 4) is 0 Å². The second kappa shape index (κ2) is 69.9. The van der Waals surface area contributed by atoms with Crippen molar-refractivity contribution in [3.63, 3.8) is 0 Å². The molecule has 5 atom stereocenters. The predicted molar refractivity (Wildman–Crippen MR) is 404 cm³/mol. The van der Waals surface area contributed by atoms with Crippen LogP contribution in [0, 0.1) is 17.8 Å². The Morgan fingerprint density at radius 3 is 0.818 bits per heavy atom. The number of phosphoric acid groups is 2. The molecule has 0 aromatic rings. The maximum atomic E-state index is 13.1. The lowest BCUT2D eigenvalue weighted by atomic mass is 10.0. The highest BCUT2D eigenvalue weighted by molar-refractivity contribution is 7.47. The molecule has 0 saturated carbocycles. The Hall–Kier alpha value is -2.46. The first-order valence-electron chi connectivity index (χ1n) is 40.7. The Bertz CT molecular complexity index is 2020. The number of hydrogen-bond donors (Lipinski definition) is 3. The fourth-order valence-corrected chi connectivity index (χ4v) is 13.3. The first kappa shape index (κ1) is 96.5. The summed E-state index contributed by atoms with van der Waals surface area (Å²) in [5.41, 5.74) is 0. The standard InChI is InChI=1S/C80H152O17P2/c1-8-9-10-11-12-13-14-15-18-24-30-35-40-49-56-64-80(85)97-76(68-91-78(83)62-55-48-43-42-46-53-60-73(6)7)70-95-99(88,89)93-66-74(81)65-92-98(86,87)94-69-75(67-90-77(82)61-54-47-39-34-29-26-21-23-28-33-38-45-52-59-72(4)5)96-79(84)63-57-50-41-36-31-25-20-17-16-19-22-27-32-37-44-51-58-71(2)3/h13-15,18,71-76,81H,8-12,16-17,19-70H2,1-7H3,(H,86,87)(H,88,89)/b14-13-,18-15-/t74-,75-,76-/m1/s1. The Kier molecular flexibility index (Phi) is 68.1. The molecule has 0 aromatic heterocycles. The van der Waals surface area contributed by atoms with Gasteiger partial charge in [0, 0.05) is 25.7 Å². The average molecular weight is 1450 g/mol. The molecule has 2 unspecified atom stereocenters. The third-order valence-corrected chi connectivity index (χ3v) is 19.9. The minimum absolute atomic E-state index is 0.0838. The molecule has 0 spiro atoms. The number of phosphoric ester groups is 2. The van der Waals surface area contributed by atoms with Crippen LogP contribution in [0.2, 0.25) is 0 Å². The second-order valence-electron chi connectivity index (χ2n) is 29.5. The Balaban J connectivity index is 5.26. The zero-order valence-corrected chi connectivity index (χ0v) is 66.2. The van der Waals surface area contributed by atoms with E-state index in [0.29, 0.717) is 31.6 Å². The number of aliphatic hydroxyl groups is 1. The van der Waals surface area contributed by atoms with Crippen molar-refractivity contribution in [1.82, 2.24) is 0 Å². The fourth-order valence-electron chi connectivity index (χ4n) is 11.8. The molecule has 0 rings (SSSR count). The number of aliphatic hydroxyl groups excluding tert-OH is 1. The largest absolute Gasteiger partial charge is 0.472 e. The summed E-state index contributed by atoms with van der Waals surface area (Å²) in [4.78, 5) is 72.9. The molecule has 0 fully saturated rings. The van der Waals surface area contributed by atoms with Crippen molar-refractivity contribution >= 4 is 39.5 Å². The molecule has 3 N–H and O–H groups in total. The van der Waals surface area contributed by atoms with Crippen LogP contribution in [-0.2, 0) is 65.4 Å². The number of carbonyl (C=O) groups excluding carboxylic acids is 4. The summed E-state index contributed by atoms with van der Waals surface area (Å²) in [6.07, 6.45) is 60.6. The van der Waals surface area contributed by atoms with E-state index in [0.717, 1.165) is 121 Å². The second-order valence-corrected chi connectivity index (χ2v) is 32.5. The smallest absolute Gasteiger partial charge is 0.462 e. The summed E-state index contributed by atoms with van der Waals surface area (Å²) in [6, 6.07) is 0. The Morgan fingerprint density at radius 2 is 0.545 bits per heavy atom. The number of rotatable bonds is 76. The van der Waals surface area contributed by atoms with Crippen molar-refractivity contribution < 1.29 is 80.2 Å². The zero-order chi connectivity index (χ0) is 73.0. The van der Waals surface area contributed by atoms with Crippen molar-refractivity contribution in [2.45, 2.75) is 407 Å². The summed E-state index contributed by atoms with van der Waals surface area (Å²) >= 11 is 0. The van der Waals surface area contributed by atoms with Crippen LogP contribution in [0.3, 0.4) is 0 Å². The lowest BCUT2D eigenvalue weighted by Gasteiger charge is -2.21. The molecule has 19 heteroatoms. The molecule has 17 nitrogen and oxygen atoms in total. The lowest BCUT2D eigenvalue weighted by molar-refractivity contribution is -0.161. The van der Waals surface area contributed by atoms with Crippen LogP contribution in [0.4, 0.5) is 0 Å². The number of unbranched alkanes of at least 4 members (excludes halogenated alkanes) is 41. The van der Waals surface area contributed by atoms with Crippen LogP contribution in [0.25, 0.3) is 0 Å². The third-order valence-electron chi connectivity index (χ3n) is 18.0. The van der Waals surface area contributed by atoms with Gasteiger partial charge in [-0.3, -0.25) is 37.3 Å². The monoisotopic (exact) mass is 1450 g/mol. The van der Waals surface area contributed by atoms with E-state index in [2.05, 4.69) is 72.8 Å². The fraction of sp³-hybridized carbons (Fsp3) is 0.900. The van der Waals surface area contributed by atoms with E-state index in [1.807, 2.05) is 0 Å². The first-order valence-corrected chi connectivity index (χ1v) is 43.7. The molecule has 0 aromatic carbocycles. The van der Waals surface area contributed by atoms with Gasteiger partial charge in [-0.05, 0) is 69.1 Å². The van der Waals surface area contributed by atoms with Gasteiger partial charge < -0.3 is 33.8 Å². The van der Waals surface area contributed by atoms with Crippen LogP contribution in [-0.4, -0.2) is 96.7 Å². The van der Waals surface area contributed by atoms with E-state index in [4.69, 9.17) is 37.0 Å². The summed E-state index contributed by atoms with van der Waals surface area (Å²) in [7, 11) is -9.93.